The van der Waals surface area contributed by atoms with E-state index in [-0.39, 0.29) is 23.1 Å². The van der Waals surface area contributed by atoms with E-state index in [1.165, 1.54) is 0 Å². The summed E-state index contributed by atoms with van der Waals surface area (Å²) in [5, 5.41) is 6.45. The third kappa shape index (κ3) is 7.56. The molecule has 0 saturated heterocycles. The Labute approximate surface area is 176 Å². The molecule has 4 nitrogen and oxygen atoms in total. The summed E-state index contributed by atoms with van der Waals surface area (Å²) in [4.78, 5) is 24.0. The molecule has 0 fully saturated rings. The van der Waals surface area contributed by atoms with Gasteiger partial charge in [0.05, 0.1) is 11.0 Å². The molecule has 2 N–H and O–H groups in total. The van der Waals surface area contributed by atoms with E-state index in [0.717, 1.165) is 17.5 Å². The van der Waals surface area contributed by atoms with Crippen molar-refractivity contribution >= 4 is 35.2 Å². The van der Waals surface area contributed by atoms with Crippen molar-refractivity contribution in [2.75, 3.05) is 12.3 Å². The molecule has 2 amide bonds. The highest BCUT2D eigenvalue weighted by Gasteiger charge is 2.16. The van der Waals surface area contributed by atoms with Crippen LogP contribution in [-0.4, -0.2) is 30.2 Å². The van der Waals surface area contributed by atoms with Crippen molar-refractivity contribution in [1.82, 2.24) is 10.6 Å². The minimum atomic E-state index is -0.0729. The Kier molecular flexibility index (Phi) is 9.38. The number of rotatable bonds is 10. The Balaban J connectivity index is 1.88. The SMILES string of the molecule is CCC(C)NC(=O)CCNC(=O)CSC(c1ccccc1)c1ccc(Cl)cc1. The predicted octanol–water partition coefficient (Wildman–Crippen LogP) is 4.58. The minimum Gasteiger partial charge on any atom is -0.355 e. The van der Waals surface area contributed by atoms with Crippen molar-refractivity contribution in [1.29, 1.82) is 0 Å². The molecular weight excluding hydrogens is 392 g/mol. The van der Waals surface area contributed by atoms with Crippen LogP contribution < -0.4 is 10.6 Å². The molecule has 0 bridgehead atoms. The molecule has 0 radical (unpaired) electrons. The van der Waals surface area contributed by atoms with Gasteiger partial charge in [-0.2, -0.15) is 0 Å². The zero-order valence-corrected chi connectivity index (χ0v) is 17.9. The standard InChI is InChI=1S/C22H27ClN2O2S/c1-3-16(2)25-20(26)13-14-24-21(27)15-28-22(17-7-5-4-6-8-17)18-9-11-19(23)12-10-18/h4-12,16,22H,3,13-15H2,1-2H3,(H,24,27)(H,25,26). The Hall–Kier alpha value is -1.98. The lowest BCUT2D eigenvalue weighted by Crippen LogP contribution is -2.35. The lowest BCUT2D eigenvalue weighted by atomic mass is 10.0. The number of carbonyl (C=O) groups is 2. The van der Waals surface area contributed by atoms with Crippen molar-refractivity contribution in [2.24, 2.45) is 0 Å². The van der Waals surface area contributed by atoms with Crippen LogP contribution in [0.25, 0.3) is 0 Å². The monoisotopic (exact) mass is 418 g/mol. The van der Waals surface area contributed by atoms with E-state index in [4.69, 9.17) is 11.6 Å². The van der Waals surface area contributed by atoms with Crippen LogP contribution in [0, 0.1) is 0 Å². The number of thioether (sulfide) groups is 1. The zero-order chi connectivity index (χ0) is 20.4. The van der Waals surface area contributed by atoms with E-state index in [1.54, 1.807) is 11.8 Å². The van der Waals surface area contributed by atoms with Crippen LogP contribution in [0.5, 0.6) is 0 Å². The number of benzene rings is 2. The third-order valence-corrected chi connectivity index (χ3v) is 5.91. The Morgan fingerprint density at radius 3 is 2.29 bits per heavy atom. The van der Waals surface area contributed by atoms with E-state index in [1.807, 2.05) is 56.3 Å². The normalized spacial score (nSPS) is 12.8. The lowest BCUT2D eigenvalue weighted by Gasteiger charge is -2.18. The van der Waals surface area contributed by atoms with E-state index in [2.05, 4.69) is 22.8 Å². The quantitative estimate of drug-likeness (QED) is 0.593. The van der Waals surface area contributed by atoms with Crippen molar-refractivity contribution in [3.05, 3.63) is 70.7 Å². The van der Waals surface area contributed by atoms with Gasteiger partial charge in [0.25, 0.3) is 0 Å². The van der Waals surface area contributed by atoms with Gasteiger partial charge in [-0.3, -0.25) is 9.59 Å². The van der Waals surface area contributed by atoms with E-state index in [9.17, 15) is 9.59 Å². The summed E-state index contributed by atoms with van der Waals surface area (Å²) in [6, 6.07) is 18.0. The third-order valence-electron chi connectivity index (χ3n) is 4.35. The molecule has 0 saturated carbocycles. The van der Waals surface area contributed by atoms with Gasteiger partial charge in [0, 0.05) is 24.0 Å². The molecule has 0 aliphatic rings. The van der Waals surface area contributed by atoms with Gasteiger partial charge in [0.1, 0.15) is 0 Å². The van der Waals surface area contributed by atoms with Gasteiger partial charge in [-0.1, -0.05) is 61.0 Å². The molecule has 2 atom stereocenters. The van der Waals surface area contributed by atoms with Crippen molar-refractivity contribution in [3.8, 4) is 0 Å². The van der Waals surface area contributed by atoms with Gasteiger partial charge in [0.15, 0.2) is 0 Å². The fourth-order valence-electron chi connectivity index (χ4n) is 2.62. The molecule has 0 aromatic heterocycles. The highest BCUT2D eigenvalue weighted by atomic mass is 35.5. The maximum atomic E-state index is 12.2. The molecule has 2 aromatic carbocycles. The van der Waals surface area contributed by atoms with E-state index >= 15 is 0 Å². The first-order valence-electron chi connectivity index (χ1n) is 9.47. The van der Waals surface area contributed by atoms with E-state index in [0.29, 0.717) is 23.7 Å². The minimum absolute atomic E-state index is 0.0365. The Morgan fingerprint density at radius 1 is 1.00 bits per heavy atom. The summed E-state index contributed by atoms with van der Waals surface area (Å²) in [5.41, 5.74) is 2.23. The van der Waals surface area contributed by atoms with Crippen LogP contribution in [0.15, 0.2) is 54.6 Å². The summed E-state index contributed by atoms with van der Waals surface area (Å²) in [6.07, 6.45) is 1.18. The molecular formula is C22H27ClN2O2S. The number of nitrogens with one attached hydrogen (secondary N) is 2. The number of carbonyl (C=O) groups excluding carboxylic acids is 2. The summed E-state index contributed by atoms with van der Waals surface area (Å²) in [6.45, 7) is 4.33. The Morgan fingerprint density at radius 2 is 1.64 bits per heavy atom. The maximum Gasteiger partial charge on any atom is 0.230 e. The largest absolute Gasteiger partial charge is 0.355 e. The van der Waals surface area contributed by atoms with E-state index < -0.39 is 0 Å². The summed E-state index contributed by atoms with van der Waals surface area (Å²) >= 11 is 7.57. The van der Waals surface area contributed by atoms with Crippen molar-refractivity contribution in [2.45, 2.75) is 38.0 Å². The molecule has 28 heavy (non-hydrogen) atoms. The second-order valence-corrected chi connectivity index (χ2v) is 8.16. The highest BCUT2D eigenvalue weighted by Crippen LogP contribution is 2.35. The summed E-state index contributed by atoms with van der Waals surface area (Å²) < 4.78 is 0. The molecule has 2 rings (SSSR count). The van der Waals surface area contributed by atoms with Crippen molar-refractivity contribution < 1.29 is 9.59 Å². The van der Waals surface area contributed by atoms with Gasteiger partial charge < -0.3 is 10.6 Å². The fourth-order valence-corrected chi connectivity index (χ4v) is 3.87. The second kappa shape index (κ2) is 11.8. The molecule has 2 unspecified atom stereocenters. The highest BCUT2D eigenvalue weighted by molar-refractivity contribution is 8.00. The molecule has 0 spiro atoms. The summed E-state index contributed by atoms with van der Waals surface area (Å²) in [5.74, 6) is 0.205. The maximum absolute atomic E-state index is 12.2. The second-order valence-electron chi connectivity index (χ2n) is 6.63. The van der Waals surface area contributed by atoms with Gasteiger partial charge in [0.2, 0.25) is 11.8 Å². The number of hydrogen-bond acceptors (Lipinski definition) is 3. The zero-order valence-electron chi connectivity index (χ0n) is 16.3. The molecule has 0 heterocycles. The predicted molar refractivity (Wildman–Crippen MR) is 118 cm³/mol. The van der Waals surface area contributed by atoms with Crippen LogP contribution in [0.3, 0.4) is 0 Å². The Bertz CT molecular complexity index is 753. The first kappa shape index (κ1) is 22.3. The van der Waals surface area contributed by atoms with Gasteiger partial charge in [-0.25, -0.2) is 0 Å². The van der Waals surface area contributed by atoms with Gasteiger partial charge in [-0.15, -0.1) is 11.8 Å². The van der Waals surface area contributed by atoms with Crippen LogP contribution in [0.2, 0.25) is 5.02 Å². The van der Waals surface area contributed by atoms with Crippen LogP contribution >= 0.6 is 23.4 Å². The van der Waals surface area contributed by atoms with Gasteiger partial charge in [-0.05, 0) is 36.6 Å². The number of amides is 2. The first-order chi connectivity index (χ1) is 13.5. The van der Waals surface area contributed by atoms with Crippen LogP contribution in [-0.2, 0) is 9.59 Å². The van der Waals surface area contributed by atoms with Crippen LogP contribution in [0.1, 0.15) is 43.1 Å². The number of hydrogen-bond donors (Lipinski definition) is 2. The first-order valence-corrected chi connectivity index (χ1v) is 10.9. The van der Waals surface area contributed by atoms with Crippen molar-refractivity contribution in [3.63, 3.8) is 0 Å². The molecule has 0 aliphatic carbocycles. The molecule has 150 valence electrons. The smallest absolute Gasteiger partial charge is 0.230 e. The average molecular weight is 419 g/mol. The molecule has 0 aliphatic heterocycles. The fraction of sp³-hybridized carbons (Fsp3) is 0.364. The topological polar surface area (TPSA) is 58.2 Å². The average Bonchev–Trinajstić information content (AvgIpc) is 2.70. The summed E-state index contributed by atoms with van der Waals surface area (Å²) in [7, 11) is 0. The molecule has 6 heteroatoms. The number of halogens is 1. The van der Waals surface area contributed by atoms with Gasteiger partial charge >= 0.3 is 0 Å². The van der Waals surface area contributed by atoms with Crippen LogP contribution in [0.4, 0.5) is 0 Å². The lowest BCUT2D eigenvalue weighted by molar-refractivity contribution is -0.122. The molecule has 2 aromatic rings.